The summed E-state index contributed by atoms with van der Waals surface area (Å²) in [6, 6.07) is 17.3. The molecule has 2 N–H and O–H groups in total. The Morgan fingerprint density at radius 2 is 1.89 bits per heavy atom. The number of nitrogens with zero attached hydrogens (tertiary/aromatic N) is 2. The molecule has 0 bridgehead atoms. The highest BCUT2D eigenvalue weighted by atomic mass is 35.5. The highest BCUT2D eigenvalue weighted by Gasteiger charge is 2.10. The highest BCUT2D eigenvalue weighted by Crippen LogP contribution is 2.20. The molecule has 1 heterocycles. The topological polar surface area (TPSA) is 66.6 Å². The third-order valence-corrected chi connectivity index (χ3v) is 4.91. The lowest BCUT2D eigenvalue weighted by Crippen LogP contribution is -2.06. The molecule has 2 aromatic carbocycles. The molecular weight excluding hydrogens is 374 g/mol. The van der Waals surface area contributed by atoms with Gasteiger partial charge in [0.1, 0.15) is 0 Å². The molecule has 0 aliphatic carbocycles. The molecule has 0 amide bonds. The first-order chi connectivity index (χ1) is 13.5. The van der Waals surface area contributed by atoms with Crippen molar-refractivity contribution in [2.24, 2.45) is 5.10 Å². The fourth-order valence-corrected chi connectivity index (χ4v) is 3.34. The molecule has 0 aliphatic rings. The number of aliphatic carboxylic acids is 1. The van der Waals surface area contributed by atoms with E-state index in [1.54, 1.807) is 6.21 Å². The van der Waals surface area contributed by atoms with Crippen molar-refractivity contribution >= 4 is 23.8 Å². The van der Waals surface area contributed by atoms with Crippen LogP contribution in [-0.2, 0) is 17.8 Å². The minimum atomic E-state index is -0.830. The van der Waals surface area contributed by atoms with Gasteiger partial charge in [-0.15, -0.1) is 0 Å². The second-order valence-electron chi connectivity index (χ2n) is 6.58. The number of hydrazone groups is 1. The van der Waals surface area contributed by atoms with Gasteiger partial charge in [0.2, 0.25) is 0 Å². The number of hydrogen-bond donors (Lipinski definition) is 2. The van der Waals surface area contributed by atoms with E-state index in [1.165, 1.54) is 0 Å². The Hall–Kier alpha value is -3.05. The van der Waals surface area contributed by atoms with Crippen LogP contribution in [0.4, 0.5) is 0 Å². The zero-order chi connectivity index (χ0) is 20.1. The lowest BCUT2D eigenvalue weighted by atomic mass is 10.1. The first-order valence-corrected chi connectivity index (χ1v) is 9.33. The molecule has 3 aromatic rings. The van der Waals surface area contributed by atoms with Crippen LogP contribution in [0.2, 0.25) is 5.02 Å². The van der Waals surface area contributed by atoms with Gasteiger partial charge in [-0.25, -0.2) is 0 Å². The molecule has 1 aromatic heterocycles. The maximum absolute atomic E-state index is 10.8. The Bertz CT molecular complexity index is 1010. The van der Waals surface area contributed by atoms with E-state index >= 15 is 0 Å². The summed E-state index contributed by atoms with van der Waals surface area (Å²) in [5, 5.41) is 13.9. The van der Waals surface area contributed by atoms with Crippen molar-refractivity contribution in [2.45, 2.75) is 26.8 Å². The fourth-order valence-electron chi connectivity index (χ4n) is 3.14. The number of aryl methyl sites for hydroxylation is 1. The van der Waals surface area contributed by atoms with Crippen LogP contribution in [0.1, 0.15) is 28.1 Å². The van der Waals surface area contributed by atoms with Gasteiger partial charge in [-0.1, -0.05) is 41.9 Å². The Labute approximate surface area is 169 Å². The Morgan fingerprint density at radius 1 is 1.18 bits per heavy atom. The number of carbonyl (C=O) groups is 1. The Balaban J connectivity index is 1.72. The van der Waals surface area contributed by atoms with Crippen molar-refractivity contribution in [3.63, 3.8) is 0 Å². The van der Waals surface area contributed by atoms with E-state index in [9.17, 15) is 4.79 Å². The second kappa shape index (κ2) is 8.76. The predicted octanol–water partition coefficient (Wildman–Crippen LogP) is 4.50. The number of aromatic nitrogens is 1. The van der Waals surface area contributed by atoms with Crippen LogP contribution in [0, 0.1) is 13.8 Å². The monoisotopic (exact) mass is 395 g/mol. The molecular formula is C22H22ClN3O2. The first kappa shape index (κ1) is 19.7. The van der Waals surface area contributed by atoms with E-state index in [0.717, 1.165) is 38.8 Å². The molecule has 0 atom stereocenters. The first-order valence-electron chi connectivity index (χ1n) is 8.95. The number of carboxylic acids is 1. The number of halogens is 1. The smallest absolute Gasteiger partial charge is 0.307 e. The lowest BCUT2D eigenvalue weighted by molar-refractivity contribution is -0.136. The lowest BCUT2D eigenvalue weighted by Gasteiger charge is -2.10. The van der Waals surface area contributed by atoms with Crippen molar-refractivity contribution in [1.82, 2.24) is 9.99 Å². The standard InChI is InChI=1S/C22H22ClN3O2/c1-15-11-19(14-25-24-13-18-5-3-4-6-21(18)23)16(2)26(15)20-9-7-17(8-10-20)12-22(27)28/h3-11,14,24H,12-13H2,1-2H3,(H,27,28)/b25-14-. The summed E-state index contributed by atoms with van der Waals surface area (Å²) < 4.78 is 2.12. The van der Waals surface area contributed by atoms with Gasteiger partial charge in [-0.2, -0.15) is 5.10 Å². The average Bonchev–Trinajstić information content (AvgIpc) is 2.94. The summed E-state index contributed by atoms with van der Waals surface area (Å²) in [5.74, 6) is -0.830. The highest BCUT2D eigenvalue weighted by molar-refractivity contribution is 6.31. The summed E-state index contributed by atoms with van der Waals surface area (Å²) in [5.41, 5.74) is 8.96. The molecule has 6 heteroatoms. The molecule has 28 heavy (non-hydrogen) atoms. The van der Waals surface area contributed by atoms with E-state index in [4.69, 9.17) is 16.7 Å². The van der Waals surface area contributed by atoms with E-state index < -0.39 is 5.97 Å². The van der Waals surface area contributed by atoms with E-state index in [-0.39, 0.29) is 6.42 Å². The van der Waals surface area contributed by atoms with Crippen LogP contribution in [0.15, 0.2) is 59.7 Å². The summed E-state index contributed by atoms with van der Waals surface area (Å²) in [4.78, 5) is 10.8. The molecule has 0 aliphatic heterocycles. The molecule has 0 saturated carbocycles. The number of benzene rings is 2. The van der Waals surface area contributed by atoms with Gasteiger partial charge in [0.15, 0.2) is 0 Å². The number of carboxylic acid groups (broad SMARTS) is 1. The normalized spacial score (nSPS) is 11.1. The minimum absolute atomic E-state index is 0.0267. The van der Waals surface area contributed by atoms with Crippen LogP contribution in [0.3, 0.4) is 0 Å². The largest absolute Gasteiger partial charge is 0.481 e. The maximum atomic E-state index is 10.8. The van der Waals surface area contributed by atoms with Gasteiger partial charge in [-0.3, -0.25) is 4.79 Å². The van der Waals surface area contributed by atoms with Crippen molar-refractivity contribution in [2.75, 3.05) is 0 Å². The summed E-state index contributed by atoms with van der Waals surface area (Å²) in [7, 11) is 0. The zero-order valence-corrected chi connectivity index (χ0v) is 16.6. The van der Waals surface area contributed by atoms with Gasteiger partial charge < -0.3 is 15.1 Å². The minimum Gasteiger partial charge on any atom is -0.481 e. The van der Waals surface area contributed by atoms with Crippen LogP contribution in [0.25, 0.3) is 5.69 Å². The molecule has 5 nitrogen and oxygen atoms in total. The van der Waals surface area contributed by atoms with Gasteiger partial charge in [-0.05, 0) is 49.2 Å². The number of rotatable bonds is 7. The third kappa shape index (κ3) is 4.61. The molecule has 0 radical (unpaired) electrons. The van der Waals surface area contributed by atoms with Crippen LogP contribution >= 0.6 is 11.6 Å². The van der Waals surface area contributed by atoms with E-state index in [0.29, 0.717) is 6.54 Å². The SMILES string of the molecule is Cc1cc(/C=N\NCc2ccccc2Cl)c(C)n1-c1ccc(CC(=O)O)cc1. The second-order valence-corrected chi connectivity index (χ2v) is 6.99. The quantitative estimate of drug-likeness (QED) is 0.457. The third-order valence-electron chi connectivity index (χ3n) is 4.54. The van der Waals surface area contributed by atoms with E-state index in [2.05, 4.69) is 21.2 Å². The van der Waals surface area contributed by atoms with Crippen molar-refractivity contribution in [1.29, 1.82) is 0 Å². The van der Waals surface area contributed by atoms with Crippen LogP contribution in [-0.4, -0.2) is 21.9 Å². The number of hydrogen-bond acceptors (Lipinski definition) is 3. The van der Waals surface area contributed by atoms with E-state index in [1.807, 2.05) is 62.4 Å². The zero-order valence-electron chi connectivity index (χ0n) is 15.8. The predicted molar refractivity (Wildman–Crippen MR) is 112 cm³/mol. The summed E-state index contributed by atoms with van der Waals surface area (Å²) >= 11 is 6.15. The molecule has 3 rings (SSSR count). The van der Waals surface area contributed by atoms with Crippen molar-refractivity contribution in [3.8, 4) is 5.69 Å². The fraction of sp³-hybridized carbons (Fsp3) is 0.182. The van der Waals surface area contributed by atoms with Gasteiger partial charge >= 0.3 is 5.97 Å². The molecule has 0 unspecified atom stereocenters. The van der Waals surface area contributed by atoms with Gasteiger partial charge in [0.25, 0.3) is 0 Å². The summed E-state index contributed by atoms with van der Waals surface area (Å²) in [6.07, 6.45) is 1.83. The van der Waals surface area contributed by atoms with Gasteiger partial charge in [0.05, 0.1) is 19.2 Å². The van der Waals surface area contributed by atoms with Crippen LogP contribution < -0.4 is 5.43 Å². The molecule has 0 spiro atoms. The van der Waals surface area contributed by atoms with Crippen molar-refractivity contribution < 1.29 is 9.90 Å². The maximum Gasteiger partial charge on any atom is 0.307 e. The number of nitrogens with one attached hydrogen (secondary N) is 1. The molecule has 0 fully saturated rings. The molecule has 0 saturated heterocycles. The summed E-state index contributed by atoms with van der Waals surface area (Å²) in [6.45, 7) is 4.63. The van der Waals surface area contributed by atoms with Crippen molar-refractivity contribution in [3.05, 3.63) is 87.7 Å². The Kier molecular flexibility index (Phi) is 6.16. The Morgan fingerprint density at radius 3 is 2.57 bits per heavy atom. The average molecular weight is 396 g/mol. The van der Waals surface area contributed by atoms with Gasteiger partial charge in [0, 0.05) is 27.7 Å². The molecule has 144 valence electrons. The van der Waals surface area contributed by atoms with Crippen LogP contribution in [0.5, 0.6) is 0 Å².